The topological polar surface area (TPSA) is 84.9 Å². The van der Waals surface area contributed by atoms with E-state index < -0.39 is 15.9 Å². The Hall–Kier alpha value is -3.52. The van der Waals surface area contributed by atoms with E-state index in [0.29, 0.717) is 11.4 Å². The van der Waals surface area contributed by atoms with Crippen molar-refractivity contribution >= 4 is 21.6 Å². The van der Waals surface area contributed by atoms with Gasteiger partial charge in [-0.15, -0.1) is 0 Å². The van der Waals surface area contributed by atoms with E-state index in [9.17, 15) is 13.2 Å². The Bertz CT molecular complexity index is 1210. The van der Waals surface area contributed by atoms with Crippen LogP contribution in [0.15, 0.2) is 77.7 Å². The Kier molecular flexibility index (Phi) is 8.17. The first kappa shape index (κ1) is 25.1. The predicted octanol–water partition coefficient (Wildman–Crippen LogP) is 4.09. The van der Waals surface area contributed by atoms with E-state index in [2.05, 4.69) is 5.32 Å². The summed E-state index contributed by atoms with van der Waals surface area (Å²) in [5, 5.41) is 2.84. The molecule has 3 rings (SSSR count). The molecule has 34 heavy (non-hydrogen) atoms. The van der Waals surface area contributed by atoms with Crippen molar-refractivity contribution in [3.8, 4) is 11.5 Å². The van der Waals surface area contributed by atoms with Gasteiger partial charge in [-0.2, -0.15) is 0 Å². The number of carbonyl (C=O) groups is 1. The molecule has 0 aromatic heterocycles. The minimum atomic E-state index is -3.96. The Balaban J connectivity index is 1.75. The molecular formula is C26H30N2O5S. The number of hydrogen-bond donors (Lipinski definition) is 1. The number of aryl methyl sites for hydroxylation is 2. The SMILES string of the molecule is COc1ccc(OCC(C)NC(=O)CN(c2cc(C)ccc2C)S(=O)(=O)c2ccccc2)cc1. The number of anilines is 1. The van der Waals surface area contributed by atoms with Gasteiger partial charge in [0.25, 0.3) is 10.0 Å². The Morgan fingerprint density at radius 2 is 1.62 bits per heavy atom. The average molecular weight is 483 g/mol. The molecule has 1 N–H and O–H groups in total. The van der Waals surface area contributed by atoms with Crippen LogP contribution < -0.4 is 19.1 Å². The van der Waals surface area contributed by atoms with Gasteiger partial charge in [-0.1, -0.05) is 30.3 Å². The van der Waals surface area contributed by atoms with Crippen LogP contribution in [0.3, 0.4) is 0 Å². The molecule has 0 heterocycles. The van der Waals surface area contributed by atoms with Crippen molar-refractivity contribution in [3.05, 3.63) is 83.9 Å². The summed E-state index contributed by atoms with van der Waals surface area (Å²) in [4.78, 5) is 13.0. The lowest BCUT2D eigenvalue weighted by atomic mass is 10.1. The van der Waals surface area contributed by atoms with Crippen molar-refractivity contribution in [1.82, 2.24) is 5.32 Å². The summed E-state index contributed by atoms with van der Waals surface area (Å²) in [6, 6.07) is 20.4. The van der Waals surface area contributed by atoms with Crippen LogP contribution in [-0.4, -0.2) is 40.6 Å². The smallest absolute Gasteiger partial charge is 0.264 e. The Labute approximate surface area is 201 Å². The molecule has 0 fully saturated rings. The summed E-state index contributed by atoms with van der Waals surface area (Å²) in [5.41, 5.74) is 2.13. The molecule has 0 saturated carbocycles. The first-order valence-electron chi connectivity index (χ1n) is 10.9. The molecule has 0 aliphatic rings. The molecule has 3 aromatic rings. The minimum absolute atomic E-state index is 0.125. The van der Waals surface area contributed by atoms with E-state index >= 15 is 0 Å². The van der Waals surface area contributed by atoms with Gasteiger partial charge >= 0.3 is 0 Å². The fraction of sp³-hybridized carbons (Fsp3) is 0.269. The number of ether oxygens (including phenoxy) is 2. The lowest BCUT2D eigenvalue weighted by Crippen LogP contribution is -2.45. The zero-order valence-corrected chi connectivity index (χ0v) is 20.6. The maximum atomic E-state index is 13.5. The summed E-state index contributed by atoms with van der Waals surface area (Å²) in [6.07, 6.45) is 0. The fourth-order valence-electron chi connectivity index (χ4n) is 3.39. The van der Waals surface area contributed by atoms with Crippen LogP contribution in [0.2, 0.25) is 0 Å². The largest absolute Gasteiger partial charge is 0.497 e. The highest BCUT2D eigenvalue weighted by Gasteiger charge is 2.28. The third kappa shape index (κ3) is 6.29. The van der Waals surface area contributed by atoms with Crippen LogP contribution in [0.4, 0.5) is 5.69 Å². The van der Waals surface area contributed by atoms with Crippen molar-refractivity contribution in [2.24, 2.45) is 0 Å². The number of rotatable bonds is 10. The van der Waals surface area contributed by atoms with Crippen LogP contribution in [-0.2, 0) is 14.8 Å². The van der Waals surface area contributed by atoms with E-state index in [1.165, 1.54) is 12.1 Å². The van der Waals surface area contributed by atoms with E-state index in [1.54, 1.807) is 62.6 Å². The molecule has 7 nitrogen and oxygen atoms in total. The molecule has 3 aromatic carbocycles. The number of nitrogens with zero attached hydrogens (tertiary/aromatic N) is 1. The first-order valence-corrected chi connectivity index (χ1v) is 12.4. The molecule has 1 atom stereocenters. The van der Waals surface area contributed by atoms with Gasteiger partial charge in [-0.05, 0) is 74.4 Å². The van der Waals surface area contributed by atoms with Gasteiger partial charge in [0, 0.05) is 0 Å². The second-order valence-corrected chi connectivity index (χ2v) is 9.93. The van der Waals surface area contributed by atoms with Gasteiger partial charge in [-0.3, -0.25) is 9.10 Å². The molecule has 8 heteroatoms. The minimum Gasteiger partial charge on any atom is -0.497 e. The van der Waals surface area contributed by atoms with Crippen LogP contribution in [0.5, 0.6) is 11.5 Å². The molecule has 0 aliphatic heterocycles. The second kappa shape index (κ2) is 11.1. The zero-order valence-electron chi connectivity index (χ0n) is 19.8. The number of amides is 1. The van der Waals surface area contributed by atoms with E-state index in [1.807, 2.05) is 26.0 Å². The maximum Gasteiger partial charge on any atom is 0.264 e. The average Bonchev–Trinajstić information content (AvgIpc) is 2.83. The van der Waals surface area contributed by atoms with Gasteiger partial charge < -0.3 is 14.8 Å². The van der Waals surface area contributed by atoms with E-state index in [0.717, 1.165) is 21.2 Å². The van der Waals surface area contributed by atoms with Gasteiger partial charge in [0.05, 0.1) is 23.7 Å². The van der Waals surface area contributed by atoms with Gasteiger partial charge in [-0.25, -0.2) is 8.42 Å². The molecule has 0 saturated heterocycles. The summed E-state index contributed by atoms with van der Waals surface area (Å²) < 4.78 is 39.0. The van der Waals surface area contributed by atoms with Crippen molar-refractivity contribution in [2.75, 3.05) is 24.6 Å². The first-order chi connectivity index (χ1) is 16.2. The number of carbonyl (C=O) groups excluding carboxylic acids is 1. The van der Waals surface area contributed by atoms with Gasteiger partial charge in [0.1, 0.15) is 24.7 Å². The van der Waals surface area contributed by atoms with E-state index in [-0.39, 0.29) is 24.1 Å². The predicted molar refractivity (Wildman–Crippen MR) is 133 cm³/mol. The maximum absolute atomic E-state index is 13.5. The normalized spacial score (nSPS) is 12.0. The van der Waals surface area contributed by atoms with Crippen LogP contribution in [0.1, 0.15) is 18.1 Å². The summed E-state index contributed by atoms with van der Waals surface area (Å²) in [6.45, 7) is 5.39. The van der Waals surface area contributed by atoms with Crippen LogP contribution in [0.25, 0.3) is 0 Å². The van der Waals surface area contributed by atoms with Crippen LogP contribution in [0, 0.1) is 13.8 Å². The summed E-state index contributed by atoms with van der Waals surface area (Å²) >= 11 is 0. The Morgan fingerprint density at radius 3 is 2.26 bits per heavy atom. The Morgan fingerprint density at radius 1 is 0.971 bits per heavy atom. The number of sulfonamides is 1. The lowest BCUT2D eigenvalue weighted by Gasteiger charge is -2.26. The van der Waals surface area contributed by atoms with Crippen molar-refractivity contribution in [3.63, 3.8) is 0 Å². The number of hydrogen-bond acceptors (Lipinski definition) is 5. The van der Waals surface area contributed by atoms with Gasteiger partial charge in [0.2, 0.25) is 5.91 Å². The van der Waals surface area contributed by atoms with Crippen molar-refractivity contribution in [1.29, 1.82) is 0 Å². The van der Waals surface area contributed by atoms with E-state index in [4.69, 9.17) is 9.47 Å². The molecule has 1 unspecified atom stereocenters. The molecular weight excluding hydrogens is 452 g/mol. The number of nitrogens with one attached hydrogen (secondary N) is 1. The fourth-order valence-corrected chi connectivity index (χ4v) is 4.89. The molecule has 0 spiro atoms. The number of methoxy groups -OCH3 is 1. The number of benzene rings is 3. The zero-order chi connectivity index (χ0) is 24.7. The second-order valence-electron chi connectivity index (χ2n) is 8.07. The quantitative estimate of drug-likeness (QED) is 0.471. The third-order valence-electron chi connectivity index (χ3n) is 5.22. The van der Waals surface area contributed by atoms with Crippen molar-refractivity contribution < 1.29 is 22.7 Å². The molecule has 0 bridgehead atoms. The molecule has 180 valence electrons. The molecule has 0 aliphatic carbocycles. The lowest BCUT2D eigenvalue weighted by molar-refractivity contribution is -0.120. The van der Waals surface area contributed by atoms with Crippen molar-refractivity contribution in [2.45, 2.75) is 31.7 Å². The summed E-state index contributed by atoms with van der Waals surface area (Å²) in [7, 11) is -2.37. The third-order valence-corrected chi connectivity index (χ3v) is 6.99. The highest BCUT2D eigenvalue weighted by molar-refractivity contribution is 7.92. The van der Waals surface area contributed by atoms with Crippen LogP contribution >= 0.6 is 0 Å². The summed E-state index contributed by atoms with van der Waals surface area (Å²) in [5.74, 6) is 0.941. The highest BCUT2D eigenvalue weighted by Crippen LogP contribution is 2.27. The standard InChI is InChI=1S/C26H30N2O5S/c1-19-10-11-20(2)25(16-19)28(34(30,31)24-8-6-5-7-9-24)17-26(29)27-21(3)18-33-23-14-12-22(32-4)13-15-23/h5-16,21H,17-18H2,1-4H3,(H,27,29). The molecule has 1 amide bonds. The highest BCUT2D eigenvalue weighted by atomic mass is 32.2. The monoisotopic (exact) mass is 482 g/mol. The molecule has 0 radical (unpaired) electrons. The van der Waals surface area contributed by atoms with Gasteiger partial charge in [0.15, 0.2) is 0 Å².